The van der Waals surface area contributed by atoms with Crippen LogP contribution in [0.15, 0.2) is 0 Å². The molecule has 0 bridgehead atoms. The van der Waals surface area contributed by atoms with Crippen molar-refractivity contribution < 1.29 is 0 Å². The molecule has 1 rings (SSSR count). The highest BCUT2D eigenvalue weighted by atomic mass is 15.1. The number of likely N-dealkylation sites (tertiary alicyclic amines) is 1. The Hall–Kier alpha value is -0.120. The maximum absolute atomic E-state index is 5.96. The fraction of sp³-hybridized carbons (Fsp3) is 1.00. The van der Waals surface area contributed by atoms with Gasteiger partial charge in [-0.05, 0) is 38.9 Å². The van der Waals surface area contributed by atoms with Crippen LogP contribution in [0.2, 0.25) is 0 Å². The lowest BCUT2D eigenvalue weighted by atomic mass is 9.90. The van der Waals surface area contributed by atoms with Crippen LogP contribution in [0.1, 0.15) is 40.0 Å². The minimum Gasteiger partial charge on any atom is -0.329 e. The lowest BCUT2D eigenvalue weighted by Gasteiger charge is -2.35. The summed E-state index contributed by atoms with van der Waals surface area (Å²) in [5, 5.41) is 3.68. The van der Waals surface area contributed by atoms with Gasteiger partial charge in [0, 0.05) is 18.1 Å². The summed E-state index contributed by atoms with van der Waals surface area (Å²) in [7, 11) is 0. The van der Waals surface area contributed by atoms with E-state index >= 15 is 0 Å². The van der Waals surface area contributed by atoms with Crippen molar-refractivity contribution in [1.82, 2.24) is 10.2 Å². The summed E-state index contributed by atoms with van der Waals surface area (Å²) < 4.78 is 0. The topological polar surface area (TPSA) is 41.3 Å². The van der Waals surface area contributed by atoms with Gasteiger partial charge in [0.25, 0.3) is 0 Å². The zero-order chi connectivity index (χ0) is 11.3. The normalized spacial score (nSPS) is 29.4. The molecule has 15 heavy (non-hydrogen) atoms. The lowest BCUT2D eigenvalue weighted by Crippen LogP contribution is -2.54. The van der Waals surface area contributed by atoms with Gasteiger partial charge in [-0.2, -0.15) is 0 Å². The minimum atomic E-state index is 0.193. The van der Waals surface area contributed by atoms with Crippen molar-refractivity contribution in [3.63, 3.8) is 0 Å². The molecule has 1 atom stereocenters. The Kier molecular flexibility index (Phi) is 5.03. The first-order valence-corrected chi connectivity index (χ1v) is 6.32. The monoisotopic (exact) mass is 213 g/mol. The maximum Gasteiger partial charge on any atom is 0.0318 e. The van der Waals surface area contributed by atoms with Crippen LogP contribution in [0.25, 0.3) is 0 Å². The van der Waals surface area contributed by atoms with Crippen LogP contribution < -0.4 is 11.1 Å². The van der Waals surface area contributed by atoms with Gasteiger partial charge in [0.2, 0.25) is 0 Å². The SMILES string of the molecule is CCN1CCCC(CN)(NC(C)C)CC1. The van der Waals surface area contributed by atoms with E-state index in [1.165, 1.54) is 38.9 Å². The Morgan fingerprint density at radius 1 is 1.33 bits per heavy atom. The number of rotatable bonds is 4. The number of nitrogens with zero attached hydrogens (tertiary/aromatic N) is 1. The molecule has 0 aliphatic carbocycles. The van der Waals surface area contributed by atoms with Crippen LogP contribution >= 0.6 is 0 Å². The average molecular weight is 213 g/mol. The van der Waals surface area contributed by atoms with E-state index in [1.54, 1.807) is 0 Å². The fourth-order valence-electron chi connectivity index (χ4n) is 2.59. The van der Waals surface area contributed by atoms with E-state index in [9.17, 15) is 0 Å². The molecule has 0 amide bonds. The van der Waals surface area contributed by atoms with E-state index < -0.39 is 0 Å². The van der Waals surface area contributed by atoms with Crippen molar-refractivity contribution in [3.05, 3.63) is 0 Å². The molecule has 1 saturated heterocycles. The first-order chi connectivity index (χ1) is 7.12. The molecular weight excluding hydrogens is 186 g/mol. The van der Waals surface area contributed by atoms with Gasteiger partial charge >= 0.3 is 0 Å². The van der Waals surface area contributed by atoms with Crippen molar-refractivity contribution in [1.29, 1.82) is 0 Å². The molecule has 3 heteroatoms. The Bertz CT molecular complexity index is 182. The highest BCUT2D eigenvalue weighted by molar-refractivity contribution is 4.93. The molecule has 1 aliphatic rings. The highest BCUT2D eigenvalue weighted by Crippen LogP contribution is 2.22. The van der Waals surface area contributed by atoms with E-state index in [1.807, 2.05) is 0 Å². The third-order valence-corrected chi connectivity index (χ3v) is 3.47. The molecule has 1 heterocycles. The Labute approximate surface area is 94.4 Å². The van der Waals surface area contributed by atoms with Gasteiger partial charge in [-0.1, -0.05) is 20.8 Å². The van der Waals surface area contributed by atoms with Crippen molar-refractivity contribution in [2.24, 2.45) is 5.73 Å². The number of hydrogen-bond acceptors (Lipinski definition) is 3. The highest BCUT2D eigenvalue weighted by Gasteiger charge is 2.31. The second-order valence-electron chi connectivity index (χ2n) is 5.07. The first kappa shape index (κ1) is 12.9. The van der Waals surface area contributed by atoms with Crippen LogP contribution in [0.5, 0.6) is 0 Å². The van der Waals surface area contributed by atoms with Gasteiger partial charge in [0.05, 0.1) is 0 Å². The molecule has 1 unspecified atom stereocenters. The van der Waals surface area contributed by atoms with Crippen LogP contribution in [-0.2, 0) is 0 Å². The van der Waals surface area contributed by atoms with Crippen molar-refractivity contribution in [2.75, 3.05) is 26.2 Å². The molecular formula is C12H27N3. The van der Waals surface area contributed by atoms with Gasteiger partial charge in [0.1, 0.15) is 0 Å². The smallest absolute Gasteiger partial charge is 0.0318 e. The molecule has 0 aromatic rings. The summed E-state index contributed by atoms with van der Waals surface area (Å²) in [4.78, 5) is 2.53. The zero-order valence-electron chi connectivity index (χ0n) is 10.6. The number of hydrogen-bond donors (Lipinski definition) is 2. The Balaban J connectivity index is 2.57. The van der Waals surface area contributed by atoms with E-state index in [2.05, 4.69) is 31.0 Å². The molecule has 1 aliphatic heterocycles. The summed E-state index contributed by atoms with van der Waals surface area (Å²) >= 11 is 0. The molecule has 0 aromatic carbocycles. The fourth-order valence-corrected chi connectivity index (χ4v) is 2.59. The molecule has 0 aromatic heterocycles. The Morgan fingerprint density at radius 3 is 2.60 bits per heavy atom. The largest absolute Gasteiger partial charge is 0.329 e. The van der Waals surface area contributed by atoms with Crippen molar-refractivity contribution >= 4 is 0 Å². The molecule has 0 radical (unpaired) electrons. The second-order valence-corrected chi connectivity index (χ2v) is 5.07. The molecule has 3 N–H and O–H groups in total. The second kappa shape index (κ2) is 5.83. The van der Waals surface area contributed by atoms with Gasteiger partial charge < -0.3 is 16.0 Å². The van der Waals surface area contributed by atoms with Gasteiger partial charge in [-0.15, -0.1) is 0 Å². The zero-order valence-corrected chi connectivity index (χ0v) is 10.6. The summed E-state index contributed by atoms with van der Waals surface area (Å²) in [6.07, 6.45) is 3.68. The van der Waals surface area contributed by atoms with Crippen LogP contribution in [0.3, 0.4) is 0 Å². The lowest BCUT2D eigenvalue weighted by molar-refractivity contribution is 0.254. The summed E-state index contributed by atoms with van der Waals surface area (Å²) in [6, 6.07) is 0.529. The van der Waals surface area contributed by atoms with Gasteiger partial charge in [-0.3, -0.25) is 0 Å². The van der Waals surface area contributed by atoms with Crippen LogP contribution in [0, 0.1) is 0 Å². The third-order valence-electron chi connectivity index (χ3n) is 3.47. The third kappa shape index (κ3) is 3.74. The maximum atomic E-state index is 5.96. The molecule has 90 valence electrons. The molecule has 1 fully saturated rings. The number of nitrogens with two attached hydrogens (primary N) is 1. The predicted octanol–water partition coefficient (Wildman–Crippen LogP) is 1.19. The summed E-state index contributed by atoms with van der Waals surface area (Å²) in [5.74, 6) is 0. The summed E-state index contributed by atoms with van der Waals surface area (Å²) in [6.45, 7) is 11.0. The van der Waals surface area contributed by atoms with E-state index in [-0.39, 0.29) is 5.54 Å². The standard InChI is InChI=1S/C12H27N3/c1-4-15-8-5-6-12(10-13,7-9-15)14-11(2)3/h11,14H,4-10,13H2,1-3H3. The molecule has 3 nitrogen and oxygen atoms in total. The van der Waals surface area contributed by atoms with Gasteiger partial charge in [-0.25, -0.2) is 0 Å². The average Bonchev–Trinajstić information content (AvgIpc) is 2.40. The first-order valence-electron chi connectivity index (χ1n) is 6.32. The predicted molar refractivity (Wildman–Crippen MR) is 66.0 cm³/mol. The van der Waals surface area contributed by atoms with Crippen LogP contribution in [0.4, 0.5) is 0 Å². The van der Waals surface area contributed by atoms with Crippen LogP contribution in [-0.4, -0.2) is 42.7 Å². The molecule has 0 saturated carbocycles. The Morgan fingerprint density at radius 2 is 2.07 bits per heavy atom. The van der Waals surface area contributed by atoms with E-state index in [0.29, 0.717) is 6.04 Å². The summed E-state index contributed by atoms with van der Waals surface area (Å²) in [5.41, 5.74) is 6.15. The number of nitrogens with one attached hydrogen (secondary N) is 1. The van der Waals surface area contributed by atoms with Crippen molar-refractivity contribution in [2.45, 2.75) is 51.6 Å². The minimum absolute atomic E-state index is 0.193. The van der Waals surface area contributed by atoms with E-state index in [0.717, 1.165) is 6.54 Å². The van der Waals surface area contributed by atoms with E-state index in [4.69, 9.17) is 5.73 Å². The molecule has 0 spiro atoms. The van der Waals surface area contributed by atoms with Gasteiger partial charge in [0.15, 0.2) is 0 Å². The van der Waals surface area contributed by atoms with Crippen molar-refractivity contribution in [3.8, 4) is 0 Å². The quantitative estimate of drug-likeness (QED) is 0.737.